The van der Waals surface area contributed by atoms with Crippen molar-refractivity contribution in [3.63, 3.8) is 0 Å². The van der Waals surface area contributed by atoms with E-state index in [0.717, 1.165) is 19.3 Å². The second kappa shape index (κ2) is 6.02. The average Bonchev–Trinajstić information content (AvgIpc) is 2.41. The molecular formula is C14H26N2O3S. The SMILES string of the molecule is CC1CCCCC1NC(=O)C1(S(C)(=O)=O)CCNCC1. The van der Waals surface area contributed by atoms with Gasteiger partial charge in [-0.25, -0.2) is 8.42 Å². The topological polar surface area (TPSA) is 75.3 Å². The molecule has 116 valence electrons. The number of carbonyl (C=O) groups excluding carboxylic acids is 1. The second-order valence-electron chi connectivity index (χ2n) is 6.36. The summed E-state index contributed by atoms with van der Waals surface area (Å²) in [5, 5.41) is 6.17. The lowest BCUT2D eigenvalue weighted by molar-refractivity contribution is -0.125. The molecule has 0 aromatic carbocycles. The van der Waals surface area contributed by atoms with Crippen molar-refractivity contribution in [2.24, 2.45) is 5.92 Å². The Bertz CT molecular complexity index is 455. The third kappa shape index (κ3) is 3.01. The van der Waals surface area contributed by atoms with Crippen molar-refractivity contribution in [1.82, 2.24) is 10.6 Å². The molecule has 5 nitrogen and oxygen atoms in total. The largest absolute Gasteiger partial charge is 0.352 e. The van der Waals surface area contributed by atoms with Gasteiger partial charge < -0.3 is 10.6 Å². The van der Waals surface area contributed by atoms with Crippen LogP contribution in [0.15, 0.2) is 0 Å². The number of hydrogen-bond acceptors (Lipinski definition) is 4. The van der Waals surface area contributed by atoms with Crippen LogP contribution in [0.25, 0.3) is 0 Å². The molecule has 20 heavy (non-hydrogen) atoms. The first kappa shape index (κ1) is 15.8. The van der Waals surface area contributed by atoms with E-state index in [0.29, 0.717) is 31.8 Å². The predicted octanol–water partition coefficient (Wildman–Crippen LogP) is 0.848. The molecule has 1 amide bonds. The maximum atomic E-state index is 12.7. The number of amides is 1. The van der Waals surface area contributed by atoms with Gasteiger partial charge in [0.1, 0.15) is 0 Å². The molecule has 2 N–H and O–H groups in total. The van der Waals surface area contributed by atoms with Crippen molar-refractivity contribution in [3.05, 3.63) is 0 Å². The van der Waals surface area contributed by atoms with Crippen molar-refractivity contribution in [3.8, 4) is 0 Å². The van der Waals surface area contributed by atoms with Crippen LogP contribution in [0.3, 0.4) is 0 Å². The van der Waals surface area contributed by atoms with Crippen LogP contribution in [-0.4, -0.2) is 44.5 Å². The van der Waals surface area contributed by atoms with Crippen molar-refractivity contribution in [2.45, 2.75) is 56.2 Å². The van der Waals surface area contributed by atoms with Gasteiger partial charge >= 0.3 is 0 Å². The van der Waals surface area contributed by atoms with E-state index in [4.69, 9.17) is 0 Å². The van der Waals surface area contributed by atoms with Gasteiger partial charge in [0.05, 0.1) is 0 Å². The first-order valence-corrected chi connectivity index (χ1v) is 9.47. The molecule has 1 aliphatic carbocycles. The van der Waals surface area contributed by atoms with E-state index in [1.807, 2.05) is 0 Å². The van der Waals surface area contributed by atoms with Crippen molar-refractivity contribution >= 4 is 15.7 Å². The minimum atomic E-state index is -3.41. The minimum absolute atomic E-state index is 0.129. The predicted molar refractivity (Wildman–Crippen MR) is 79.2 cm³/mol. The van der Waals surface area contributed by atoms with Crippen LogP contribution in [0, 0.1) is 5.92 Å². The van der Waals surface area contributed by atoms with Crippen LogP contribution in [0.5, 0.6) is 0 Å². The van der Waals surface area contributed by atoms with Gasteiger partial charge in [0, 0.05) is 12.3 Å². The molecule has 1 saturated heterocycles. The van der Waals surface area contributed by atoms with Gasteiger partial charge in [0.25, 0.3) is 0 Å². The zero-order chi connectivity index (χ0) is 14.8. The molecule has 6 heteroatoms. The number of sulfone groups is 1. The first-order valence-electron chi connectivity index (χ1n) is 7.58. The molecule has 0 bridgehead atoms. The lowest BCUT2D eigenvalue weighted by Crippen LogP contribution is -2.59. The van der Waals surface area contributed by atoms with Crippen molar-refractivity contribution in [2.75, 3.05) is 19.3 Å². The summed E-state index contributed by atoms with van der Waals surface area (Å²) in [6, 6.07) is 0.129. The first-order chi connectivity index (χ1) is 9.37. The maximum absolute atomic E-state index is 12.7. The molecule has 1 saturated carbocycles. The Hall–Kier alpha value is -0.620. The molecular weight excluding hydrogens is 276 g/mol. The van der Waals surface area contributed by atoms with Gasteiger partial charge in [-0.1, -0.05) is 19.8 Å². The summed E-state index contributed by atoms with van der Waals surface area (Å²) in [7, 11) is -3.41. The van der Waals surface area contributed by atoms with Crippen LogP contribution >= 0.6 is 0 Å². The number of nitrogens with one attached hydrogen (secondary N) is 2. The Kier molecular flexibility index (Phi) is 4.74. The molecule has 0 aromatic rings. The number of rotatable bonds is 3. The van der Waals surface area contributed by atoms with Crippen LogP contribution in [0.4, 0.5) is 0 Å². The summed E-state index contributed by atoms with van der Waals surface area (Å²) >= 11 is 0. The van der Waals surface area contributed by atoms with E-state index in [1.54, 1.807) is 0 Å². The second-order valence-corrected chi connectivity index (χ2v) is 8.68. The summed E-state index contributed by atoms with van der Waals surface area (Å²) < 4.78 is 23.1. The van der Waals surface area contributed by atoms with Gasteiger partial charge in [-0.05, 0) is 44.7 Å². The Labute approximate surface area is 121 Å². The summed E-state index contributed by atoms with van der Waals surface area (Å²) in [6.45, 7) is 3.31. The Balaban J connectivity index is 2.15. The summed E-state index contributed by atoms with van der Waals surface area (Å²) in [6.07, 6.45) is 6.33. The van der Waals surface area contributed by atoms with E-state index in [9.17, 15) is 13.2 Å². The highest BCUT2D eigenvalue weighted by molar-refractivity contribution is 7.92. The molecule has 2 rings (SSSR count). The molecule has 1 heterocycles. The highest BCUT2D eigenvalue weighted by Crippen LogP contribution is 2.30. The average molecular weight is 302 g/mol. The van der Waals surface area contributed by atoms with E-state index < -0.39 is 14.6 Å². The Morgan fingerprint density at radius 3 is 2.35 bits per heavy atom. The fourth-order valence-corrected chi connectivity index (χ4v) is 4.77. The van der Waals surface area contributed by atoms with E-state index in [-0.39, 0.29) is 11.9 Å². The van der Waals surface area contributed by atoms with Crippen molar-refractivity contribution < 1.29 is 13.2 Å². The third-order valence-corrected chi connectivity index (χ3v) is 6.98. The van der Waals surface area contributed by atoms with Gasteiger partial charge in [-0.15, -0.1) is 0 Å². The van der Waals surface area contributed by atoms with Crippen molar-refractivity contribution in [1.29, 1.82) is 0 Å². The number of hydrogen-bond donors (Lipinski definition) is 2. The molecule has 2 fully saturated rings. The molecule has 2 atom stereocenters. The molecule has 2 aliphatic rings. The lowest BCUT2D eigenvalue weighted by atomic mass is 9.85. The fraction of sp³-hybridized carbons (Fsp3) is 0.929. The molecule has 1 aliphatic heterocycles. The van der Waals surface area contributed by atoms with E-state index in [1.165, 1.54) is 12.7 Å². The molecule has 0 aromatic heterocycles. The smallest absolute Gasteiger partial charge is 0.241 e. The molecule has 0 spiro atoms. The standard InChI is InChI=1S/C14H26N2O3S/c1-11-5-3-4-6-12(11)16-13(17)14(20(2,18)19)7-9-15-10-8-14/h11-12,15H,3-10H2,1-2H3,(H,16,17). The summed E-state index contributed by atoms with van der Waals surface area (Å²) in [4.78, 5) is 12.7. The number of carbonyl (C=O) groups is 1. The van der Waals surface area contributed by atoms with Gasteiger partial charge in [0.2, 0.25) is 5.91 Å². The van der Waals surface area contributed by atoms with E-state index in [2.05, 4.69) is 17.6 Å². The highest BCUT2D eigenvalue weighted by Gasteiger charge is 2.49. The minimum Gasteiger partial charge on any atom is -0.352 e. The fourth-order valence-electron chi connectivity index (χ4n) is 3.43. The van der Waals surface area contributed by atoms with Crippen LogP contribution in [0.2, 0.25) is 0 Å². The van der Waals surface area contributed by atoms with Gasteiger partial charge in [-0.3, -0.25) is 4.79 Å². The normalized spacial score (nSPS) is 30.7. The Morgan fingerprint density at radius 2 is 1.80 bits per heavy atom. The maximum Gasteiger partial charge on any atom is 0.241 e. The Morgan fingerprint density at radius 1 is 1.20 bits per heavy atom. The van der Waals surface area contributed by atoms with Crippen LogP contribution in [0.1, 0.15) is 45.4 Å². The van der Waals surface area contributed by atoms with Gasteiger partial charge in [0.15, 0.2) is 14.6 Å². The molecule has 2 unspecified atom stereocenters. The summed E-state index contributed by atoms with van der Waals surface area (Å²) in [5.41, 5.74) is 0. The highest BCUT2D eigenvalue weighted by atomic mass is 32.2. The zero-order valence-corrected chi connectivity index (χ0v) is 13.3. The van der Waals surface area contributed by atoms with Crippen LogP contribution in [-0.2, 0) is 14.6 Å². The quantitative estimate of drug-likeness (QED) is 0.810. The van der Waals surface area contributed by atoms with Crippen LogP contribution < -0.4 is 10.6 Å². The summed E-state index contributed by atoms with van der Waals surface area (Å²) in [5.74, 6) is 0.159. The lowest BCUT2D eigenvalue weighted by Gasteiger charge is -2.37. The monoisotopic (exact) mass is 302 g/mol. The zero-order valence-electron chi connectivity index (χ0n) is 12.4. The third-order valence-electron chi connectivity index (χ3n) is 4.96. The van der Waals surface area contributed by atoms with E-state index >= 15 is 0 Å². The molecule has 0 radical (unpaired) electrons. The number of piperidine rings is 1. The van der Waals surface area contributed by atoms with Gasteiger partial charge in [-0.2, -0.15) is 0 Å².